The van der Waals surface area contributed by atoms with Gasteiger partial charge in [0.05, 0.1) is 18.3 Å². The molecule has 1 fully saturated rings. The van der Waals surface area contributed by atoms with E-state index in [1.54, 1.807) is 29.3 Å². The Kier molecular flexibility index (Phi) is 5.73. The van der Waals surface area contributed by atoms with Gasteiger partial charge >= 0.3 is 6.18 Å². The maximum Gasteiger partial charge on any atom is 0.406 e. The number of aromatic nitrogens is 6. The number of likely N-dealkylation sites (tertiary alicyclic amines) is 1. The quantitative estimate of drug-likeness (QED) is 0.395. The van der Waals surface area contributed by atoms with Gasteiger partial charge < -0.3 is 15.6 Å². The van der Waals surface area contributed by atoms with Crippen molar-refractivity contribution < 1.29 is 22.0 Å². The second kappa shape index (κ2) is 8.54. The number of piperidine rings is 1. The topological polar surface area (TPSA) is 102 Å². The van der Waals surface area contributed by atoms with Gasteiger partial charge in [0.1, 0.15) is 23.4 Å². The molecule has 1 atom stereocenters. The van der Waals surface area contributed by atoms with Gasteiger partial charge in [-0.3, -0.25) is 4.90 Å². The number of nitrogens with two attached hydrogens (primary N) is 1. The number of imidazole rings is 1. The number of alkyl halides is 5. The summed E-state index contributed by atoms with van der Waals surface area (Å²) in [4.78, 5) is 14.4. The summed E-state index contributed by atoms with van der Waals surface area (Å²) in [6.45, 7) is 2.81. The minimum Gasteiger partial charge on any atom is -0.382 e. The van der Waals surface area contributed by atoms with E-state index >= 15 is 0 Å². The van der Waals surface area contributed by atoms with Crippen molar-refractivity contribution in [2.45, 2.75) is 45.0 Å². The van der Waals surface area contributed by atoms with E-state index in [9.17, 15) is 22.0 Å². The van der Waals surface area contributed by atoms with Crippen LogP contribution in [0.3, 0.4) is 0 Å². The zero-order valence-electron chi connectivity index (χ0n) is 19.5. The summed E-state index contributed by atoms with van der Waals surface area (Å²) >= 11 is 0. The largest absolute Gasteiger partial charge is 0.406 e. The lowest BCUT2D eigenvalue weighted by Crippen LogP contribution is -2.54. The molecule has 1 aliphatic heterocycles. The highest BCUT2D eigenvalue weighted by Gasteiger charge is 2.44. The average molecular weight is 509 g/mol. The SMILES string of the molecule is CCN1CC[C@@H](Nc2nc(N)c3c(-c4ccc5nc(C)n(CC(F)(F)F)c5n4)ccn3n2)C(F)(F)C1. The van der Waals surface area contributed by atoms with Gasteiger partial charge in [-0.15, -0.1) is 5.10 Å². The Hall–Kier alpha value is -3.55. The lowest BCUT2D eigenvalue weighted by molar-refractivity contribution is -0.140. The van der Waals surface area contributed by atoms with Crippen LogP contribution in [0.5, 0.6) is 0 Å². The van der Waals surface area contributed by atoms with E-state index < -0.39 is 24.7 Å². The number of nitrogens with zero attached hydrogens (tertiary/aromatic N) is 7. The third-order valence-electron chi connectivity index (χ3n) is 6.36. The van der Waals surface area contributed by atoms with Crippen LogP contribution in [0.1, 0.15) is 19.2 Å². The van der Waals surface area contributed by atoms with Gasteiger partial charge in [-0.05, 0) is 38.1 Å². The van der Waals surface area contributed by atoms with E-state index in [4.69, 9.17) is 5.73 Å². The highest BCUT2D eigenvalue weighted by atomic mass is 19.4. The van der Waals surface area contributed by atoms with Crippen molar-refractivity contribution in [2.75, 3.05) is 30.7 Å². The van der Waals surface area contributed by atoms with Crippen LogP contribution in [0.15, 0.2) is 24.4 Å². The van der Waals surface area contributed by atoms with E-state index in [-0.39, 0.29) is 36.2 Å². The molecule has 9 nitrogen and oxygen atoms in total. The maximum absolute atomic E-state index is 14.6. The monoisotopic (exact) mass is 509 g/mol. The summed E-state index contributed by atoms with van der Waals surface area (Å²) in [6, 6.07) is 3.70. The number of nitrogen functional groups attached to an aromatic ring is 1. The van der Waals surface area contributed by atoms with E-state index in [2.05, 4.69) is 25.4 Å². The van der Waals surface area contributed by atoms with E-state index in [0.717, 1.165) is 4.57 Å². The second-order valence-electron chi connectivity index (χ2n) is 8.86. The fraction of sp³-hybridized carbons (Fsp3) is 0.455. The summed E-state index contributed by atoms with van der Waals surface area (Å²) in [5, 5.41) is 7.01. The number of fused-ring (bicyclic) bond motifs is 2. The highest BCUT2D eigenvalue weighted by molar-refractivity contribution is 5.88. The Morgan fingerprint density at radius 1 is 1.17 bits per heavy atom. The van der Waals surface area contributed by atoms with E-state index in [1.165, 1.54) is 11.4 Å². The molecule has 4 aromatic rings. The van der Waals surface area contributed by atoms with Crippen LogP contribution >= 0.6 is 0 Å². The molecule has 0 spiro atoms. The lowest BCUT2D eigenvalue weighted by Gasteiger charge is -2.38. The minimum absolute atomic E-state index is 0.0173. The molecule has 14 heteroatoms. The Morgan fingerprint density at radius 3 is 2.64 bits per heavy atom. The molecule has 1 saturated heterocycles. The number of nitrogens with one attached hydrogen (secondary N) is 1. The highest BCUT2D eigenvalue weighted by Crippen LogP contribution is 2.32. The molecule has 0 amide bonds. The molecule has 0 unspecified atom stereocenters. The summed E-state index contributed by atoms with van der Waals surface area (Å²) in [6.07, 6.45) is -2.66. The Morgan fingerprint density at radius 2 is 1.94 bits per heavy atom. The molecule has 0 radical (unpaired) electrons. The fourth-order valence-corrected chi connectivity index (χ4v) is 4.57. The molecule has 192 valence electrons. The summed E-state index contributed by atoms with van der Waals surface area (Å²) in [5.41, 5.74) is 7.79. The normalized spacial score (nSPS) is 18.8. The standard InChI is InChI=1S/C22H24F5N9/c1-3-34-8-7-16(21(23,24)10-34)31-20-32-18(28)17-13(6-9-36(17)33-20)14-4-5-15-19(30-14)35(12(2)29-15)11-22(25,26)27/h4-6,9,16H,3,7-8,10-11H2,1-2H3,(H3,28,31,32,33)/t16-/m1/s1. The maximum atomic E-state index is 14.6. The average Bonchev–Trinajstić information content (AvgIpc) is 3.35. The molecule has 5 heterocycles. The van der Waals surface area contributed by atoms with Crippen molar-refractivity contribution in [3.63, 3.8) is 0 Å². The second-order valence-corrected chi connectivity index (χ2v) is 8.86. The van der Waals surface area contributed by atoms with Gasteiger partial charge in [0.25, 0.3) is 5.92 Å². The zero-order valence-corrected chi connectivity index (χ0v) is 19.5. The van der Waals surface area contributed by atoms with Crippen LogP contribution in [-0.4, -0.2) is 71.8 Å². The van der Waals surface area contributed by atoms with Crippen LogP contribution in [0.25, 0.3) is 27.9 Å². The molecular formula is C22H24F5N9. The van der Waals surface area contributed by atoms with Gasteiger partial charge in [0, 0.05) is 18.3 Å². The van der Waals surface area contributed by atoms with Crippen molar-refractivity contribution in [1.82, 2.24) is 34.0 Å². The van der Waals surface area contributed by atoms with Gasteiger partial charge in [0.2, 0.25) is 5.95 Å². The Bertz CT molecular complexity index is 1430. The van der Waals surface area contributed by atoms with Crippen LogP contribution in [0.4, 0.5) is 33.7 Å². The molecule has 0 aromatic carbocycles. The first-order valence-electron chi connectivity index (χ1n) is 11.4. The van der Waals surface area contributed by atoms with Crippen molar-refractivity contribution in [2.24, 2.45) is 0 Å². The van der Waals surface area contributed by atoms with Gasteiger partial charge in [-0.25, -0.2) is 23.3 Å². The number of pyridine rings is 1. The van der Waals surface area contributed by atoms with Gasteiger partial charge in [0.15, 0.2) is 11.5 Å². The first-order valence-corrected chi connectivity index (χ1v) is 11.4. The summed E-state index contributed by atoms with van der Waals surface area (Å²) < 4.78 is 70.9. The summed E-state index contributed by atoms with van der Waals surface area (Å²) in [7, 11) is 0. The third-order valence-corrected chi connectivity index (χ3v) is 6.36. The first-order chi connectivity index (χ1) is 16.9. The van der Waals surface area contributed by atoms with Crippen molar-refractivity contribution in [3.05, 3.63) is 30.2 Å². The summed E-state index contributed by atoms with van der Waals surface area (Å²) in [5.74, 6) is -2.81. The van der Waals surface area contributed by atoms with Crippen LogP contribution in [0, 0.1) is 6.92 Å². The number of hydrogen-bond donors (Lipinski definition) is 2. The molecule has 0 saturated carbocycles. The third kappa shape index (κ3) is 4.40. The van der Waals surface area contributed by atoms with Crippen molar-refractivity contribution in [3.8, 4) is 11.3 Å². The molecule has 0 bridgehead atoms. The van der Waals surface area contributed by atoms with E-state index in [1.807, 2.05) is 6.92 Å². The van der Waals surface area contributed by atoms with E-state index in [0.29, 0.717) is 35.4 Å². The molecule has 0 aliphatic carbocycles. The molecule has 4 aromatic heterocycles. The lowest BCUT2D eigenvalue weighted by atomic mass is 10.0. The Balaban J connectivity index is 1.48. The number of aryl methyl sites for hydroxylation is 1. The molecular weight excluding hydrogens is 485 g/mol. The van der Waals surface area contributed by atoms with Gasteiger partial charge in [-0.2, -0.15) is 18.2 Å². The Labute approximate surface area is 202 Å². The number of rotatable bonds is 5. The fourth-order valence-electron chi connectivity index (χ4n) is 4.57. The number of anilines is 2. The molecule has 3 N–H and O–H groups in total. The predicted octanol–water partition coefficient (Wildman–Crippen LogP) is 3.74. The number of halogens is 5. The van der Waals surface area contributed by atoms with Crippen molar-refractivity contribution in [1.29, 1.82) is 0 Å². The number of hydrogen-bond acceptors (Lipinski definition) is 7. The van der Waals surface area contributed by atoms with Crippen LogP contribution in [-0.2, 0) is 6.54 Å². The molecule has 36 heavy (non-hydrogen) atoms. The van der Waals surface area contributed by atoms with Crippen LogP contribution in [0.2, 0.25) is 0 Å². The zero-order chi connectivity index (χ0) is 25.8. The molecule has 1 aliphatic rings. The predicted molar refractivity (Wildman–Crippen MR) is 124 cm³/mol. The van der Waals surface area contributed by atoms with Gasteiger partial charge in [-0.1, -0.05) is 6.92 Å². The first kappa shape index (κ1) is 24.2. The van der Waals surface area contributed by atoms with Crippen molar-refractivity contribution >= 4 is 28.4 Å². The minimum atomic E-state index is -4.44. The smallest absolute Gasteiger partial charge is 0.382 e. The van der Waals surface area contributed by atoms with Crippen LogP contribution < -0.4 is 11.1 Å². The molecule has 5 rings (SSSR count).